The number of ether oxygens (including phenoxy) is 1. The highest BCUT2D eigenvalue weighted by Gasteiger charge is 2.25. The van der Waals surface area contributed by atoms with E-state index < -0.39 is 6.10 Å². The lowest BCUT2D eigenvalue weighted by Crippen LogP contribution is -2.33. The average molecular weight is 278 g/mol. The minimum atomic E-state index is -0.408. The van der Waals surface area contributed by atoms with Crippen molar-refractivity contribution in [2.45, 2.75) is 32.8 Å². The van der Waals surface area contributed by atoms with Crippen molar-refractivity contribution in [2.24, 2.45) is 0 Å². The number of aryl methyl sites for hydroxylation is 1. The number of likely N-dealkylation sites (tertiary alicyclic amines) is 1. The Balaban J connectivity index is 2.06. The topological polar surface area (TPSA) is 61.8 Å². The van der Waals surface area contributed by atoms with Crippen molar-refractivity contribution in [1.82, 2.24) is 4.90 Å². The molecule has 2 amide bonds. The summed E-state index contributed by atoms with van der Waals surface area (Å²) in [6, 6.07) is 5.52. The van der Waals surface area contributed by atoms with Crippen LogP contribution in [0, 0.1) is 6.92 Å². The van der Waals surface area contributed by atoms with Crippen LogP contribution in [0.25, 0.3) is 0 Å². The van der Waals surface area contributed by atoms with Crippen LogP contribution in [0.2, 0.25) is 0 Å². The number of hydrogen-bond donors (Lipinski definition) is 2. The largest absolute Gasteiger partial charge is 0.491 e. The van der Waals surface area contributed by atoms with E-state index in [1.165, 1.54) is 0 Å². The van der Waals surface area contributed by atoms with Crippen LogP contribution < -0.4 is 10.1 Å². The van der Waals surface area contributed by atoms with Crippen molar-refractivity contribution in [2.75, 3.05) is 25.0 Å². The number of carbonyl (C=O) groups is 1. The van der Waals surface area contributed by atoms with Gasteiger partial charge in [0.1, 0.15) is 5.75 Å². The second-order valence-electron chi connectivity index (χ2n) is 5.17. The minimum absolute atomic E-state index is 0.188. The lowest BCUT2D eigenvalue weighted by Gasteiger charge is -2.18. The van der Waals surface area contributed by atoms with Crippen molar-refractivity contribution in [3.63, 3.8) is 0 Å². The summed E-state index contributed by atoms with van der Waals surface area (Å²) in [6.07, 6.45) is 1.15. The van der Waals surface area contributed by atoms with Crippen molar-refractivity contribution in [1.29, 1.82) is 0 Å². The van der Waals surface area contributed by atoms with Crippen LogP contribution in [0.3, 0.4) is 0 Å². The van der Waals surface area contributed by atoms with Gasteiger partial charge in [-0.1, -0.05) is 13.0 Å². The Bertz CT molecular complexity index is 476. The van der Waals surface area contributed by atoms with E-state index in [-0.39, 0.29) is 6.03 Å². The van der Waals surface area contributed by atoms with E-state index in [0.717, 1.165) is 12.0 Å². The molecule has 1 aliphatic rings. The maximum absolute atomic E-state index is 12.1. The second-order valence-corrected chi connectivity index (χ2v) is 5.17. The molecule has 2 N–H and O–H groups in total. The number of aliphatic hydroxyl groups excluding tert-OH is 1. The quantitative estimate of drug-likeness (QED) is 0.889. The Kier molecular flexibility index (Phi) is 4.84. The molecule has 0 radical (unpaired) electrons. The third kappa shape index (κ3) is 3.63. The minimum Gasteiger partial charge on any atom is -0.491 e. The molecule has 5 heteroatoms. The molecular weight excluding hydrogens is 256 g/mol. The van der Waals surface area contributed by atoms with E-state index in [0.29, 0.717) is 37.6 Å². The van der Waals surface area contributed by atoms with E-state index in [4.69, 9.17) is 4.74 Å². The van der Waals surface area contributed by atoms with Crippen LogP contribution in [-0.4, -0.2) is 41.8 Å². The molecule has 1 saturated heterocycles. The normalized spacial score (nSPS) is 18.1. The zero-order valence-corrected chi connectivity index (χ0v) is 12.1. The smallest absolute Gasteiger partial charge is 0.322 e. The number of carbonyl (C=O) groups excluding carboxylic acids is 1. The molecule has 1 aromatic carbocycles. The van der Waals surface area contributed by atoms with E-state index in [2.05, 4.69) is 5.32 Å². The molecule has 0 aliphatic carbocycles. The average Bonchev–Trinajstić information content (AvgIpc) is 2.85. The summed E-state index contributed by atoms with van der Waals surface area (Å²) in [6.45, 7) is 5.63. The SMILES string of the molecule is CCCOc1cc(C)ccc1NC(=O)N1CC[C@@H](O)C1. The number of anilines is 1. The molecule has 0 saturated carbocycles. The van der Waals surface area contributed by atoms with Gasteiger partial charge in [0.25, 0.3) is 0 Å². The number of hydrogen-bond acceptors (Lipinski definition) is 3. The summed E-state index contributed by atoms with van der Waals surface area (Å²) in [5, 5.41) is 12.3. The molecule has 1 heterocycles. The molecule has 0 bridgehead atoms. The molecule has 2 rings (SSSR count). The van der Waals surface area contributed by atoms with E-state index in [1.807, 2.05) is 32.0 Å². The summed E-state index contributed by atoms with van der Waals surface area (Å²) in [4.78, 5) is 13.7. The molecule has 5 nitrogen and oxygen atoms in total. The first-order chi connectivity index (χ1) is 9.60. The number of nitrogens with zero attached hydrogens (tertiary/aromatic N) is 1. The van der Waals surface area contributed by atoms with Crippen LogP contribution in [0.4, 0.5) is 10.5 Å². The van der Waals surface area contributed by atoms with Gasteiger partial charge in [0.2, 0.25) is 0 Å². The van der Waals surface area contributed by atoms with Gasteiger partial charge in [0, 0.05) is 13.1 Å². The lowest BCUT2D eigenvalue weighted by atomic mass is 10.2. The number of β-amino-alcohol motifs (C(OH)–C–C–N with tert-alkyl or cyclic N) is 1. The van der Waals surface area contributed by atoms with Gasteiger partial charge >= 0.3 is 6.03 Å². The van der Waals surface area contributed by atoms with Crippen molar-refractivity contribution < 1.29 is 14.6 Å². The number of aliphatic hydroxyl groups is 1. The first-order valence-corrected chi connectivity index (χ1v) is 7.07. The van der Waals surface area contributed by atoms with Gasteiger partial charge in [-0.25, -0.2) is 4.79 Å². The fourth-order valence-electron chi connectivity index (χ4n) is 2.18. The highest BCUT2D eigenvalue weighted by Crippen LogP contribution is 2.26. The molecule has 1 aliphatic heterocycles. The third-order valence-corrected chi connectivity index (χ3v) is 3.29. The Labute approximate surface area is 119 Å². The predicted molar refractivity (Wildman–Crippen MR) is 78.2 cm³/mol. The fraction of sp³-hybridized carbons (Fsp3) is 0.533. The lowest BCUT2D eigenvalue weighted by molar-refractivity contribution is 0.176. The Morgan fingerprint density at radius 1 is 1.55 bits per heavy atom. The fourth-order valence-corrected chi connectivity index (χ4v) is 2.18. The number of amides is 2. The van der Waals surface area contributed by atoms with Crippen molar-refractivity contribution >= 4 is 11.7 Å². The monoisotopic (exact) mass is 278 g/mol. The van der Waals surface area contributed by atoms with E-state index >= 15 is 0 Å². The van der Waals surface area contributed by atoms with Crippen LogP contribution in [0.1, 0.15) is 25.3 Å². The molecule has 20 heavy (non-hydrogen) atoms. The van der Waals surface area contributed by atoms with Crippen molar-refractivity contribution in [3.05, 3.63) is 23.8 Å². The zero-order chi connectivity index (χ0) is 14.5. The van der Waals surface area contributed by atoms with Gasteiger partial charge in [-0.05, 0) is 37.5 Å². The third-order valence-electron chi connectivity index (χ3n) is 3.29. The number of rotatable bonds is 4. The van der Waals surface area contributed by atoms with Gasteiger partial charge in [0.05, 0.1) is 18.4 Å². The molecule has 1 atom stereocenters. The van der Waals surface area contributed by atoms with Crippen molar-refractivity contribution in [3.8, 4) is 5.75 Å². The van der Waals surface area contributed by atoms with Gasteiger partial charge in [-0.2, -0.15) is 0 Å². The van der Waals surface area contributed by atoms with Crippen LogP contribution >= 0.6 is 0 Å². The van der Waals surface area contributed by atoms with Crippen LogP contribution in [0.15, 0.2) is 18.2 Å². The van der Waals surface area contributed by atoms with Crippen LogP contribution in [0.5, 0.6) is 5.75 Å². The van der Waals surface area contributed by atoms with Gasteiger partial charge in [0.15, 0.2) is 0 Å². The standard InChI is InChI=1S/C15H22N2O3/c1-3-8-20-14-9-11(2)4-5-13(14)16-15(19)17-7-6-12(18)10-17/h4-5,9,12,18H,3,6-8,10H2,1-2H3,(H,16,19)/t12-/m1/s1. The van der Waals surface area contributed by atoms with Gasteiger partial charge in [-0.3, -0.25) is 0 Å². The highest BCUT2D eigenvalue weighted by molar-refractivity contribution is 5.91. The summed E-state index contributed by atoms with van der Waals surface area (Å²) >= 11 is 0. The molecule has 0 aromatic heterocycles. The Morgan fingerprint density at radius 3 is 3.00 bits per heavy atom. The van der Waals surface area contributed by atoms with E-state index in [9.17, 15) is 9.90 Å². The first kappa shape index (κ1) is 14.7. The zero-order valence-electron chi connectivity index (χ0n) is 12.1. The summed E-state index contributed by atoms with van der Waals surface area (Å²) in [7, 11) is 0. The number of benzene rings is 1. The summed E-state index contributed by atoms with van der Waals surface area (Å²) in [5.41, 5.74) is 1.76. The Hall–Kier alpha value is -1.75. The number of nitrogens with one attached hydrogen (secondary N) is 1. The molecule has 1 fully saturated rings. The molecule has 1 aromatic rings. The second kappa shape index (κ2) is 6.61. The number of urea groups is 1. The van der Waals surface area contributed by atoms with Gasteiger partial charge in [-0.15, -0.1) is 0 Å². The molecule has 110 valence electrons. The molecular formula is C15H22N2O3. The summed E-state index contributed by atoms with van der Waals surface area (Å²) in [5.74, 6) is 0.694. The molecule has 0 unspecified atom stereocenters. The van der Waals surface area contributed by atoms with Gasteiger partial charge < -0.3 is 20.1 Å². The maximum Gasteiger partial charge on any atom is 0.322 e. The van der Waals surface area contributed by atoms with E-state index in [1.54, 1.807) is 4.90 Å². The van der Waals surface area contributed by atoms with Crippen LogP contribution in [-0.2, 0) is 0 Å². The maximum atomic E-state index is 12.1. The summed E-state index contributed by atoms with van der Waals surface area (Å²) < 4.78 is 5.67. The first-order valence-electron chi connectivity index (χ1n) is 7.07. The Morgan fingerprint density at radius 2 is 2.35 bits per heavy atom. The highest BCUT2D eigenvalue weighted by atomic mass is 16.5. The predicted octanol–water partition coefficient (Wildman–Crippen LogP) is 2.38. The molecule has 0 spiro atoms.